The van der Waals surface area contributed by atoms with Gasteiger partial charge in [0.2, 0.25) is 0 Å². The molecular weight excluding hydrogens is 180 g/mol. The molecule has 80 valence electrons. The molecule has 2 aromatic carbocycles. The summed E-state index contributed by atoms with van der Waals surface area (Å²) in [4.78, 5) is 0. The number of hydrogen-bond donors (Lipinski definition) is 0. The van der Waals surface area contributed by atoms with E-state index >= 15 is 0 Å². The minimum absolute atomic E-state index is 0. The zero-order valence-electron chi connectivity index (χ0n) is 8.77. The first-order chi connectivity index (χ1) is 6.79. The first-order valence-electron chi connectivity index (χ1n) is 4.82. The molecule has 0 aliphatic rings. The molecule has 0 spiro atoms. The van der Waals surface area contributed by atoms with Crippen molar-refractivity contribution in [2.45, 2.75) is 21.3 Å². The van der Waals surface area contributed by atoms with E-state index in [2.05, 4.69) is 38.1 Å². The van der Waals surface area contributed by atoms with Gasteiger partial charge in [0, 0.05) is 0 Å². The Hall–Kier alpha value is -1.56. The lowest BCUT2D eigenvalue weighted by Crippen LogP contribution is -1.62. The maximum atomic E-state index is 2.08. The molecule has 0 aliphatic heterocycles. The second-order valence-corrected chi connectivity index (χ2v) is 3.31. The van der Waals surface area contributed by atoms with Crippen LogP contribution in [0.3, 0.4) is 0 Å². The maximum absolute atomic E-state index is 2.08. The molecule has 0 atom stereocenters. The Morgan fingerprint density at radius 2 is 0.800 bits per heavy atom. The summed E-state index contributed by atoms with van der Waals surface area (Å²) in [6.07, 6.45) is 0. The molecule has 0 unspecified atom stereocenters. The third kappa shape index (κ3) is 6.50. The van der Waals surface area contributed by atoms with Crippen molar-refractivity contribution < 1.29 is 0 Å². The highest BCUT2D eigenvalue weighted by Crippen LogP contribution is 1.92. The summed E-state index contributed by atoms with van der Waals surface area (Å²) >= 11 is 0. The van der Waals surface area contributed by atoms with Crippen LogP contribution in [0.25, 0.3) is 0 Å². The summed E-state index contributed by atoms with van der Waals surface area (Å²) < 4.78 is 0. The van der Waals surface area contributed by atoms with E-state index in [-0.39, 0.29) is 7.43 Å². The number of benzene rings is 2. The van der Waals surface area contributed by atoms with Gasteiger partial charge in [0.15, 0.2) is 0 Å². The van der Waals surface area contributed by atoms with E-state index in [4.69, 9.17) is 0 Å². The Bertz CT molecular complexity index is 297. The summed E-state index contributed by atoms with van der Waals surface area (Å²) in [5.41, 5.74) is 2.64. The average Bonchev–Trinajstić information content (AvgIpc) is 2.21. The smallest absolute Gasteiger partial charge is 0.0398 e. The summed E-state index contributed by atoms with van der Waals surface area (Å²) in [7, 11) is 0. The Morgan fingerprint density at radius 1 is 0.533 bits per heavy atom. The molecule has 0 aromatic heterocycles. The second kappa shape index (κ2) is 7.81. The summed E-state index contributed by atoms with van der Waals surface area (Å²) in [6, 6.07) is 20.5. The van der Waals surface area contributed by atoms with E-state index in [1.165, 1.54) is 11.1 Å². The van der Waals surface area contributed by atoms with Gasteiger partial charge in [-0.2, -0.15) is 0 Å². The van der Waals surface area contributed by atoms with Crippen molar-refractivity contribution in [1.82, 2.24) is 0 Å². The Morgan fingerprint density at radius 3 is 0.933 bits per heavy atom. The predicted molar refractivity (Wildman–Crippen MR) is 69.1 cm³/mol. The van der Waals surface area contributed by atoms with Gasteiger partial charge in [-0.1, -0.05) is 79.2 Å². The molecule has 0 heteroatoms. The van der Waals surface area contributed by atoms with E-state index in [1.54, 1.807) is 0 Å². The van der Waals surface area contributed by atoms with Crippen LogP contribution in [0.1, 0.15) is 18.6 Å². The molecule has 0 N–H and O–H groups in total. The second-order valence-electron chi connectivity index (χ2n) is 3.31. The molecule has 0 radical (unpaired) electrons. The monoisotopic (exact) mass is 200 g/mol. The Kier molecular flexibility index (Phi) is 7.00. The fourth-order valence-corrected chi connectivity index (χ4v) is 1.07. The third-order valence-corrected chi connectivity index (χ3v) is 1.88. The number of rotatable bonds is 0. The highest BCUT2D eigenvalue weighted by Gasteiger charge is 1.72. The zero-order chi connectivity index (χ0) is 10.2. The summed E-state index contributed by atoms with van der Waals surface area (Å²) in [5, 5.41) is 0. The van der Waals surface area contributed by atoms with Crippen LogP contribution in [0.15, 0.2) is 60.7 Å². The van der Waals surface area contributed by atoms with Gasteiger partial charge in [-0.05, 0) is 13.8 Å². The number of aryl methyl sites for hydroxylation is 2. The first kappa shape index (κ1) is 13.4. The minimum Gasteiger partial charge on any atom is -0.0776 e. The zero-order valence-corrected chi connectivity index (χ0v) is 8.77. The van der Waals surface area contributed by atoms with Crippen LogP contribution < -0.4 is 0 Å². The molecule has 15 heavy (non-hydrogen) atoms. The summed E-state index contributed by atoms with van der Waals surface area (Å²) in [6.45, 7) is 4.17. The Balaban J connectivity index is 0.000000245. The molecule has 0 heterocycles. The lowest BCUT2D eigenvalue weighted by molar-refractivity contribution is 1.48. The van der Waals surface area contributed by atoms with Crippen LogP contribution in [0, 0.1) is 13.8 Å². The van der Waals surface area contributed by atoms with E-state index < -0.39 is 0 Å². The van der Waals surface area contributed by atoms with E-state index in [0.717, 1.165) is 0 Å². The number of hydrogen-bond acceptors (Lipinski definition) is 0. The highest BCUT2D eigenvalue weighted by molar-refractivity contribution is 5.12. The van der Waals surface area contributed by atoms with Crippen LogP contribution in [0.5, 0.6) is 0 Å². The fraction of sp³-hybridized carbons (Fsp3) is 0.200. The first-order valence-corrected chi connectivity index (χ1v) is 4.82. The van der Waals surface area contributed by atoms with Gasteiger partial charge in [-0.15, -0.1) is 0 Å². The van der Waals surface area contributed by atoms with Crippen molar-refractivity contribution in [2.24, 2.45) is 0 Å². The van der Waals surface area contributed by atoms with Gasteiger partial charge < -0.3 is 0 Å². The van der Waals surface area contributed by atoms with Crippen molar-refractivity contribution in [3.63, 3.8) is 0 Å². The molecule has 0 nitrogen and oxygen atoms in total. The standard InChI is InChI=1S/2C7H8.CH4/c2*1-7-5-3-2-4-6-7;/h2*2-6H,1H3;1H4. The van der Waals surface area contributed by atoms with Crippen LogP contribution in [0.2, 0.25) is 0 Å². The van der Waals surface area contributed by atoms with E-state index in [9.17, 15) is 0 Å². The van der Waals surface area contributed by atoms with Gasteiger partial charge in [0.25, 0.3) is 0 Å². The Labute approximate surface area is 93.6 Å². The molecule has 2 aromatic rings. The molecule has 0 amide bonds. The third-order valence-electron chi connectivity index (χ3n) is 1.88. The maximum Gasteiger partial charge on any atom is -0.0398 e. The fourth-order valence-electron chi connectivity index (χ4n) is 1.07. The lowest BCUT2D eigenvalue weighted by atomic mass is 10.2. The van der Waals surface area contributed by atoms with Crippen molar-refractivity contribution in [3.05, 3.63) is 71.8 Å². The largest absolute Gasteiger partial charge is 0.0776 e. The van der Waals surface area contributed by atoms with E-state index in [0.29, 0.717) is 0 Å². The minimum atomic E-state index is 0. The topological polar surface area (TPSA) is 0 Å². The highest BCUT2D eigenvalue weighted by atomic mass is 13.8. The van der Waals surface area contributed by atoms with Crippen LogP contribution in [-0.2, 0) is 0 Å². The van der Waals surface area contributed by atoms with Gasteiger partial charge in [0.05, 0.1) is 0 Å². The summed E-state index contributed by atoms with van der Waals surface area (Å²) in [5.74, 6) is 0. The van der Waals surface area contributed by atoms with Gasteiger partial charge in [-0.25, -0.2) is 0 Å². The normalized spacial score (nSPS) is 8.13. The molecule has 0 bridgehead atoms. The quantitative estimate of drug-likeness (QED) is 0.582. The molecule has 0 aliphatic carbocycles. The van der Waals surface area contributed by atoms with Gasteiger partial charge in [-0.3, -0.25) is 0 Å². The molecule has 0 saturated carbocycles. The van der Waals surface area contributed by atoms with Crippen molar-refractivity contribution in [2.75, 3.05) is 0 Å². The molecule has 2 rings (SSSR count). The SMILES string of the molecule is C.Cc1ccccc1.Cc1ccccc1. The van der Waals surface area contributed by atoms with Crippen LogP contribution >= 0.6 is 0 Å². The van der Waals surface area contributed by atoms with Gasteiger partial charge in [0.1, 0.15) is 0 Å². The van der Waals surface area contributed by atoms with E-state index in [1.807, 2.05) is 36.4 Å². The van der Waals surface area contributed by atoms with Crippen molar-refractivity contribution in [1.29, 1.82) is 0 Å². The van der Waals surface area contributed by atoms with Gasteiger partial charge >= 0.3 is 0 Å². The van der Waals surface area contributed by atoms with Crippen LogP contribution in [-0.4, -0.2) is 0 Å². The molecule has 0 saturated heterocycles. The van der Waals surface area contributed by atoms with Crippen molar-refractivity contribution in [3.8, 4) is 0 Å². The van der Waals surface area contributed by atoms with Crippen molar-refractivity contribution >= 4 is 0 Å². The van der Waals surface area contributed by atoms with Crippen LogP contribution in [0.4, 0.5) is 0 Å². The predicted octanol–water partition coefficient (Wildman–Crippen LogP) is 4.63. The molecular formula is C15H20. The molecule has 0 fully saturated rings. The lowest BCUT2D eigenvalue weighted by Gasteiger charge is -1.82. The average molecular weight is 200 g/mol.